The smallest absolute Gasteiger partial charge is 0.326 e. The van der Waals surface area contributed by atoms with Crippen LogP contribution in [0, 0.1) is 5.92 Å². The molecule has 0 radical (unpaired) electrons. The van der Waals surface area contributed by atoms with Gasteiger partial charge in [0.15, 0.2) is 0 Å². The van der Waals surface area contributed by atoms with Gasteiger partial charge in [0.05, 0.1) is 5.75 Å². The van der Waals surface area contributed by atoms with E-state index < -0.39 is 12.0 Å². The van der Waals surface area contributed by atoms with Crippen LogP contribution in [-0.2, 0) is 15.3 Å². The van der Waals surface area contributed by atoms with Crippen molar-refractivity contribution in [2.45, 2.75) is 32.1 Å². The molecule has 0 saturated carbocycles. The third-order valence-corrected chi connectivity index (χ3v) is 4.47. The monoisotopic (exact) mass is 329 g/mol. The maximum atomic E-state index is 11.8. The molecule has 1 aromatic rings. The molecule has 116 valence electrons. The number of carboxylic acid groups (broad SMARTS) is 1. The molecule has 2 unspecified atom stereocenters. The largest absolute Gasteiger partial charge is 0.480 e. The van der Waals surface area contributed by atoms with E-state index in [1.165, 1.54) is 11.8 Å². The Hall–Kier alpha value is -1.20. The van der Waals surface area contributed by atoms with Gasteiger partial charge in [0.25, 0.3) is 0 Å². The van der Waals surface area contributed by atoms with E-state index in [2.05, 4.69) is 5.32 Å². The van der Waals surface area contributed by atoms with Gasteiger partial charge in [-0.2, -0.15) is 0 Å². The second kappa shape index (κ2) is 8.95. The summed E-state index contributed by atoms with van der Waals surface area (Å²) in [6, 6.07) is 6.61. The number of amides is 1. The molecule has 6 heteroatoms. The van der Waals surface area contributed by atoms with Crippen molar-refractivity contribution in [1.82, 2.24) is 5.32 Å². The quantitative estimate of drug-likeness (QED) is 0.768. The molecule has 0 aliphatic carbocycles. The molecule has 0 aliphatic rings. The first kappa shape index (κ1) is 17.9. The fraction of sp³-hybridized carbons (Fsp3) is 0.467. The van der Waals surface area contributed by atoms with Crippen LogP contribution in [0.2, 0.25) is 5.02 Å². The Labute approximate surface area is 134 Å². The number of aliphatic carboxylic acids is 1. The maximum absolute atomic E-state index is 11.8. The normalized spacial score (nSPS) is 13.5. The zero-order chi connectivity index (χ0) is 15.8. The number of hydrogen-bond donors (Lipinski definition) is 2. The highest BCUT2D eigenvalue weighted by Gasteiger charge is 2.24. The second-order valence-electron chi connectivity index (χ2n) is 4.89. The molecular weight excluding hydrogens is 310 g/mol. The summed E-state index contributed by atoms with van der Waals surface area (Å²) in [6.45, 7) is 3.72. The number of nitrogens with one attached hydrogen (secondary N) is 1. The number of carbonyl (C=O) groups is 2. The van der Waals surface area contributed by atoms with Gasteiger partial charge in [-0.15, -0.1) is 11.8 Å². The maximum Gasteiger partial charge on any atom is 0.326 e. The molecule has 0 saturated heterocycles. The molecule has 21 heavy (non-hydrogen) atoms. The van der Waals surface area contributed by atoms with E-state index in [1.807, 2.05) is 26.0 Å². The van der Waals surface area contributed by atoms with Gasteiger partial charge in [-0.25, -0.2) is 4.79 Å². The summed E-state index contributed by atoms with van der Waals surface area (Å²) in [5.74, 6) is -0.399. The Morgan fingerprint density at radius 3 is 2.48 bits per heavy atom. The van der Waals surface area contributed by atoms with Crippen molar-refractivity contribution in [1.29, 1.82) is 0 Å². The van der Waals surface area contributed by atoms with Crippen LogP contribution >= 0.6 is 23.4 Å². The Balaban J connectivity index is 2.39. The lowest BCUT2D eigenvalue weighted by Crippen LogP contribution is -2.45. The SMILES string of the molecule is CCC(C)C(NC(=O)CSCc1ccc(Cl)cc1)C(=O)O. The van der Waals surface area contributed by atoms with Crippen LogP contribution in [0.15, 0.2) is 24.3 Å². The summed E-state index contributed by atoms with van der Waals surface area (Å²) < 4.78 is 0. The van der Waals surface area contributed by atoms with Crippen molar-refractivity contribution in [3.63, 3.8) is 0 Å². The number of halogens is 1. The minimum absolute atomic E-state index is 0.0901. The number of carbonyl (C=O) groups excluding carboxylic acids is 1. The van der Waals surface area contributed by atoms with Gasteiger partial charge in [-0.1, -0.05) is 44.0 Å². The summed E-state index contributed by atoms with van der Waals surface area (Å²) in [4.78, 5) is 22.9. The van der Waals surface area contributed by atoms with Crippen LogP contribution in [0.25, 0.3) is 0 Å². The van der Waals surface area contributed by atoms with Crippen LogP contribution in [0.3, 0.4) is 0 Å². The number of hydrogen-bond acceptors (Lipinski definition) is 3. The third kappa shape index (κ3) is 6.40. The van der Waals surface area contributed by atoms with E-state index in [0.717, 1.165) is 5.56 Å². The number of rotatable bonds is 8. The average molecular weight is 330 g/mol. The van der Waals surface area contributed by atoms with E-state index >= 15 is 0 Å². The van der Waals surface area contributed by atoms with Gasteiger partial charge in [0.1, 0.15) is 6.04 Å². The molecule has 0 spiro atoms. The van der Waals surface area contributed by atoms with Gasteiger partial charge < -0.3 is 10.4 Å². The third-order valence-electron chi connectivity index (χ3n) is 3.21. The van der Waals surface area contributed by atoms with Crippen molar-refractivity contribution in [2.75, 3.05) is 5.75 Å². The molecule has 1 aromatic carbocycles. The number of carboxylic acids is 1. The van der Waals surface area contributed by atoms with E-state index in [9.17, 15) is 9.59 Å². The molecule has 1 rings (SSSR count). The van der Waals surface area contributed by atoms with E-state index in [0.29, 0.717) is 17.2 Å². The molecular formula is C15H20ClNO3S. The minimum Gasteiger partial charge on any atom is -0.480 e. The van der Waals surface area contributed by atoms with E-state index in [-0.39, 0.29) is 17.6 Å². The fourth-order valence-corrected chi connectivity index (χ4v) is 2.67. The Bertz CT molecular complexity index is 478. The van der Waals surface area contributed by atoms with E-state index in [1.54, 1.807) is 12.1 Å². The Morgan fingerprint density at radius 1 is 1.33 bits per heavy atom. The summed E-state index contributed by atoms with van der Waals surface area (Å²) in [6.07, 6.45) is 0.704. The van der Waals surface area contributed by atoms with Crippen molar-refractivity contribution in [3.05, 3.63) is 34.9 Å². The molecule has 0 aromatic heterocycles. The van der Waals surface area contributed by atoms with Crippen LogP contribution in [0.5, 0.6) is 0 Å². The van der Waals surface area contributed by atoms with Crippen LogP contribution in [0.1, 0.15) is 25.8 Å². The molecule has 2 atom stereocenters. The molecule has 1 amide bonds. The standard InChI is InChI=1S/C15H20ClNO3S/c1-3-10(2)14(15(19)20)17-13(18)9-21-8-11-4-6-12(16)7-5-11/h4-7,10,14H,3,8-9H2,1-2H3,(H,17,18)(H,19,20). The first-order valence-corrected chi connectivity index (χ1v) is 8.31. The number of benzene rings is 1. The zero-order valence-corrected chi connectivity index (χ0v) is 13.7. The highest BCUT2D eigenvalue weighted by atomic mass is 35.5. The fourth-order valence-electron chi connectivity index (χ4n) is 1.74. The second-order valence-corrected chi connectivity index (χ2v) is 6.31. The van der Waals surface area contributed by atoms with Gasteiger partial charge in [0.2, 0.25) is 5.91 Å². The molecule has 2 N–H and O–H groups in total. The average Bonchev–Trinajstić information content (AvgIpc) is 2.45. The lowest BCUT2D eigenvalue weighted by atomic mass is 9.99. The van der Waals surface area contributed by atoms with Gasteiger partial charge in [-0.3, -0.25) is 4.79 Å². The highest BCUT2D eigenvalue weighted by Crippen LogP contribution is 2.15. The van der Waals surface area contributed by atoms with Crippen LogP contribution in [-0.4, -0.2) is 28.8 Å². The zero-order valence-electron chi connectivity index (χ0n) is 12.1. The first-order valence-electron chi connectivity index (χ1n) is 6.78. The molecule has 4 nitrogen and oxygen atoms in total. The Morgan fingerprint density at radius 2 is 1.95 bits per heavy atom. The molecule has 0 aliphatic heterocycles. The number of thioether (sulfide) groups is 1. The van der Waals surface area contributed by atoms with Crippen molar-refractivity contribution >= 4 is 35.2 Å². The van der Waals surface area contributed by atoms with Gasteiger partial charge in [0, 0.05) is 10.8 Å². The van der Waals surface area contributed by atoms with Crippen molar-refractivity contribution < 1.29 is 14.7 Å². The van der Waals surface area contributed by atoms with Crippen LogP contribution in [0.4, 0.5) is 0 Å². The molecule has 0 fully saturated rings. The van der Waals surface area contributed by atoms with Crippen molar-refractivity contribution in [3.8, 4) is 0 Å². The lowest BCUT2D eigenvalue weighted by Gasteiger charge is -2.19. The predicted molar refractivity (Wildman–Crippen MR) is 86.6 cm³/mol. The molecule has 0 bridgehead atoms. The highest BCUT2D eigenvalue weighted by molar-refractivity contribution is 7.99. The van der Waals surface area contributed by atoms with Crippen molar-refractivity contribution in [2.24, 2.45) is 5.92 Å². The lowest BCUT2D eigenvalue weighted by molar-refractivity contribution is -0.143. The van der Waals surface area contributed by atoms with Gasteiger partial charge in [-0.05, 0) is 23.6 Å². The summed E-state index contributed by atoms with van der Waals surface area (Å²) in [7, 11) is 0. The summed E-state index contributed by atoms with van der Waals surface area (Å²) >= 11 is 7.25. The molecule has 0 heterocycles. The minimum atomic E-state index is -0.986. The first-order chi connectivity index (χ1) is 9.93. The Kier molecular flexibility index (Phi) is 7.61. The topological polar surface area (TPSA) is 66.4 Å². The van der Waals surface area contributed by atoms with Crippen LogP contribution < -0.4 is 5.32 Å². The summed E-state index contributed by atoms with van der Waals surface area (Å²) in [5.41, 5.74) is 1.08. The van der Waals surface area contributed by atoms with Gasteiger partial charge >= 0.3 is 5.97 Å². The summed E-state index contributed by atoms with van der Waals surface area (Å²) in [5, 5.41) is 12.4. The van der Waals surface area contributed by atoms with E-state index in [4.69, 9.17) is 16.7 Å². The predicted octanol–water partition coefficient (Wildman–Crippen LogP) is 3.19.